The molecule has 0 saturated carbocycles. The zero-order chi connectivity index (χ0) is 21.0. The first-order chi connectivity index (χ1) is 13.7. The van der Waals surface area contributed by atoms with Crippen molar-refractivity contribution in [1.82, 2.24) is 4.98 Å². The molecule has 1 heterocycles. The van der Waals surface area contributed by atoms with Crippen molar-refractivity contribution < 1.29 is 17.6 Å². The van der Waals surface area contributed by atoms with Crippen molar-refractivity contribution >= 4 is 38.1 Å². The first kappa shape index (κ1) is 20.9. The smallest absolute Gasteiger partial charge is 0.263 e. The van der Waals surface area contributed by atoms with E-state index in [9.17, 15) is 17.6 Å². The molecule has 2 aromatic carbocycles. The molecular weight excluding hydrogens is 413 g/mol. The van der Waals surface area contributed by atoms with Gasteiger partial charge in [-0.1, -0.05) is 17.7 Å². The largest absolute Gasteiger partial charge is 0.326 e. The van der Waals surface area contributed by atoms with Crippen LogP contribution >= 0.6 is 11.3 Å². The number of nitrogens with one attached hydrogen (secondary N) is 2. The lowest BCUT2D eigenvalue weighted by molar-refractivity contribution is -0.116. The van der Waals surface area contributed by atoms with E-state index in [2.05, 4.69) is 15.0 Å². The molecule has 0 saturated heterocycles. The fourth-order valence-electron chi connectivity index (χ4n) is 2.66. The maximum atomic E-state index is 13.0. The van der Waals surface area contributed by atoms with Crippen LogP contribution in [0.4, 0.5) is 15.2 Å². The van der Waals surface area contributed by atoms with Gasteiger partial charge in [0, 0.05) is 17.5 Å². The van der Waals surface area contributed by atoms with Gasteiger partial charge in [-0.2, -0.15) is 0 Å². The highest BCUT2D eigenvalue weighted by Crippen LogP contribution is 2.21. The second-order valence-corrected chi connectivity index (χ2v) is 9.11. The maximum Gasteiger partial charge on any atom is 0.263 e. The quantitative estimate of drug-likeness (QED) is 0.582. The monoisotopic (exact) mass is 433 g/mol. The van der Waals surface area contributed by atoms with Gasteiger partial charge in [-0.3, -0.25) is 9.52 Å². The Labute approximate surface area is 172 Å². The van der Waals surface area contributed by atoms with Gasteiger partial charge in [-0.25, -0.2) is 17.8 Å². The number of thiazole rings is 1. The zero-order valence-corrected chi connectivity index (χ0v) is 17.5. The van der Waals surface area contributed by atoms with Crippen molar-refractivity contribution in [1.29, 1.82) is 0 Å². The number of hydrogen-bond acceptors (Lipinski definition) is 5. The molecule has 0 aliphatic carbocycles. The number of nitrogens with zero attached hydrogens (tertiary/aromatic N) is 1. The van der Waals surface area contributed by atoms with E-state index in [1.165, 1.54) is 12.1 Å². The fourth-order valence-corrected chi connectivity index (χ4v) is 4.66. The van der Waals surface area contributed by atoms with Gasteiger partial charge in [-0.15, -0.1) is 11.3 Å². The molecule has 1 aromatic heterocycles. The molecule has 29 heavy (non-hydrogen) atoms. The second-order valence-electron chi connectivity index (χ2n) is 6.57. The number of amides is 1. The molecule has 0 aliphatic heterocycles. The summed E-state index contributed by atoms with van der Waals surface area (Å²) in [6.07, 6.45) is 0.604. The summed E-state index contributed by atoms with van der Waals surface area (Å²) in [5.41, 5.74) is 3.50. The fraction of sp³-hybridized carbons (Fsp3) is 0.200. The summed E-state index contributed by atoms with van der Waals surface area (Å²) in [7, 11) is -3.85. The Morgan fingerprint density at radius 1 is 1.14 bits per heavy atom. The molecule has 0 bridgehead atoms. The third-order valence-electron chi connectivity index (χ3n) is 4.16. The number of aromatic nitrogens is 1. The number of hydrogen-bond donors (Lipinski definition) is 2. The van der Waals surface area contributed by atoms with Gasteiger partial charge in [-0.05, 0) is 56.2 Å². The standard InChI is InChI=1S/C20H20FN3O3S2/c1-13-3-9-18(14(2)11-13)23-19(25)10-6-16-12-28-20(22-16)24-29(26,27)17-7-4-15(21)5-8-17/h3-5,7-9,11-12H,6,10H2,1-2H3,(H,22,24)(H,23,25). The molecule has 2 N–H and O–H groups in total. The van der Waals surface area contributed by atoms with E-state index in [0.717, 1.165) is 40.3 Å². The first-order valence-electron chi connectivity index (χ1n) is 8.83. The van der Waals surface area contributed by atoms with Crippen molar-refractivity contribution in [2.24, 2.45) is 0 Å². The number of halogens is 1. The molecule has 6 nitrogen and oxygen atoms in total. The van der Waals surface area contributed by atoms with Crippen LogP contribution in [0.15, 0.2) is 52.7 Å². The molecule has 0 radical (unpaired) electrons. The van der Waals surface area contributed by atoms with Crippen molar-refractivity contribution in [2.75, 3.05) is 10.0 Å². The van der Waals surface area contributed by atoms with E-state index in [1.54, 1.807) is 5.38 Å². The normalized spacial score (nSPS) is 11.3. The molecular formula is C20H20FN3O3S2. The van der Waals surface area contributed by atoms with Gasteiger partial charge in [0.1, 0.15) is 5.82 Å². The summed E-state index contributed by atoms with van der Waals surface area (Å²) in [6, 6.07) is 10.3. The number of sulfonamides is 1. The van der Waals surface area contributed by atoms with Crippen LogP contribution in [0.5, 0.6) is 0 Å². The Morgan fingerprint density at radius 3 is 2.55 bits per heavy atom. The van der Waals surface area contributed by atoms with Crippen LogP contribution in [0.3, 0.4) is 0 Å². The highest BCUT2D eigenvalue weighted by Gasteiger charge is 2.16. The molecule has 9 heteroatoms. The third kappa shape index (κ3) is 5.61. The lowest BCUT2D eigenvalue weighted by atomic mass is 10.1. The van der Waals surface area contributed by atoms with E-state index < -0.39 is 15.8 Å². The Hall–Kier alpha value is -2.78. The van der Waals surface area contributed by atoms with E-state index in [0.29, 0.717) is 12.1 Å². The van der Waals surface area contributed by atoms with Crippen molar-refractivity contribution in [3.8, 4) is 0 Å². The first-order valence-corrected chi connectivity index (χ1v) is 11.2. The van der Waals surface area contributed by atoms with Gasteiger partial charge in [0.2, 0.25) is 5.91 Å². The highest BCUT2D eigenvalue weighted by atomic mass is 32.2. The molecule has 152 valence electrons. The Kier molecular flexibility index (Phi) is 6.29. The second kappa shape index (κ2) is 8.71. The van der Waals surface area contributed by atoms with Crippen LogP contribution in [0.25, 0.3) is 0 Å². The maximum absolute atomic E-state index is 13.0. The van der Waals surface area contributed by atoms with Crippen molar-refractivity contribution in [3.05, 3.63) is 70.5 Å². The summed E-state index contributed by atoms with van der Waals surface area (Å²) in [5, 5.41) is 4.77. The number of carbonyl (C=O) groups excluding carboxylic acids is 1. The molecule has 0 aliphatic rings. The van der Waals surface area contributed by atoms with Crippen LogP contribution in [-0.2, 0) is 21.2 Å². The molecule has 3 aromatic rings. The van der Waals surface area contributed by atoms with Crippen LogP contribution in [-0.4, -0.2) is 19.3 Å². The Bertz CT molecular complexity index is 1130. The third-order valence-corrected chi connectivity index (χ3v) is 6.45. The highest BCUT2D eigenvalue weighted by molar-refractivity contribution is 7.93. The summed E-state index contributed by atoms with van der Waals surface area (Å²) in [5.74, 6) is -0.655. The number of rotatable bonds is 7. The van der Waals surface area contributed by atoms with E-state index in [4.69, 9.17) is 0 Å². The average molecular weight is 434 g/mol. The summed E-state index contributed by atoms with van der Waals surface area (Å²) < 4.78 is 40.0. The lowest BCUT2D eigenvalue weighted by Gasteiger charge is -2.08. The van der Waals surface area contributed by atoms with Crippen LogP contribution < -0.4 is 10.0 Å². The molecule has 0 fully saturated rings. The molecule has 0 unspecified atom stereocenters. The average Bonchev–Trinajstić information content (AvgIpc) is 3.09. The topological polar surface area (TPSA) is 88.2 Å². The Morgan fingerprint density at radius 2 is 1.86 bits per heavy atom. The molecule has 0 atom stereocenters. The summed E-state index contributed by atoms with van der Waals surface area (Å²) in [4.78, 5) is 16.4. The van der Waals surface area contributed by atoms with E-state index in [-0.39, 0.29) is 22.4 Å². The number of carbonyl (C=O) groups is 1. The van der Waals surface area contributed by atoms with Crippen molar-refractivity contribution in [3.63, 3.8) is 0 Å². The minimum atomic E-state index is -3.85. The number of benzene rings is 2. The van der Waals surface area contributed by atoms with Gasteiger partial charge in [0.25, 0.3) is 10.0 Å². The molecule has 0 spiro atoms. The van der Waals surface area contributed by atoms with Crippen molar-refractivity contribution in [2.45, 2.75) is 31.6 Å². The van der Waals surface area contributed by atoms with Crippen LogP contribution in [0.1, 0.15) is 23.2 Å². The minimum Gasteiger partial charge on any atom is -0.326 e. The minimum absolute atomic E-state index is 0.0523. The predicted molar refractivity (Wildman–Crippen MR) is 112 cm³/mol. The zero-order valence-electron chi connectivity index (χ0n) is 15.9. The predicted octanol–water partition coefficient (Wildman–Crippen LogP) is 4.27. The van der Waals surface area contributed by atoms with Gasteiger partial charge >= 0.3 is 0 Å². The SMILES string of the molecule is Cc1ccc(NC(=O)CCc2csc(NS(=O)(=O)c3ccc(F)cc3)n2)c(C)c1. The van der Waals surface area contributed by atoms with Gasteiger partial charge in [0.15, 0.2) is 5.13 Å². The summed E-state index contributed by atoms with van der Waals surface area (Å²) in [6.45, 7) is 3.92. The van der Waals surface area contributed by atoms with Crippen LogP contribution in [0.2, 0.25) is 0 Å². The summed E-state index contributed by atoms with van der Waals surface area (Å²) >= 11 is 1.13. The lowest BCUT2D eigenvalue weighted by Crippen LogP contribution is -2.14. The van der Waals surface area contributed by atoms with E-state index in [1.807, 2.05) is 32.0 Å². The van der Waals surface area contributed by atoms with Gasteiger partial charge < -0.3 is 5.32 Å². The molecule has 3 rings (SSSR count). The number of aryl methyl sites for hydroxylation is 3. The van der Waals surface area contributed by atoms with Crippen LogP contribution in [0, 0.1) is 19.7 Å². The Balaban J connectivity index is 1.57. The molecule has 1 amide bonds. The van der Waals surface area contributed by atoms with E-state index >= 15 is 0 Å². The number of anilines is 2. The van der Waals surface area contributed by atoms with Gasteiger partial charge in [0.05, 0.1) is 10.6 Å².